The highest BCUT2D eigenvalue weighted by molar-refractivity contribution is 5.84. The fourth-order valence-corrected chi connectivity index (χ4v) is 1.71. The quantitative estimate of drug-likeness (QED) is 0.695. The summed E-state index contributed by atoms with van der Waals surface area (Å²) >= 11 is 0. The maximum atomic E-state index is 10.8. The summed E-state index contributed by atoms with van der Waals surface area (Å²) in [6.07, 6.45) is 0.908. The number of anilines is 1. The number of aldehydes is 1. The second-order valence-electron chi connectivity index (χ2n) is 3.34. The van der Waals surface area contributed by atoms with E-state index in [1.54, 1.807) is 6.07 Å². The third-order valence-electron chi connectivity index (χ3n) is 2.46. The van der Waals surface area contributed by atoms with Crippen LogP contribution in [0.3, 0.4) is 0 Å². The molecule has 0 bridgehead atoms. The maximum absolute atomic E-state index is 10.8. The van der Waals surface area contributed by atoms with Gasteiger partial charge in [-0.15, -0.1) is 0 Å². The summed E-state index contributed by atoms with van der Waals surface area (Å²) in [5.74, 6) is 0. The van der Waals surface area contributed by atoms with E-state index in [4.69, 9.17) is 0 Å². The van der Waals surface area contributed by atoms with Crippen LogP contribution in [-0.4, -0.2) is 32.5 Å². The Morgan fingerprint density at radius 2 is 2.21 bits per heavy atom. The average molecular weight is 189 g/mol. The van der Waals surface area contributed by atoms with Crippen molar-refractivity contribution in [3.63, 3.8) is 0 Å². The molecule has 0 aromatic heterocycles. The van der Waals surface area contributed by atoms with Gasteiger partial charge in [0.25, 0.3) is 0 Å². The lowest BCUT2D eigenvalue weighted by Gasteiger charge is -2.30. The van der Waals surface area contributed by atoms with E-state index in [-0.39, 0.29) is 0 Å². The van der Waals surface area contributed by atoms with Gasteiger partial charge >= 0.3 is 0 Å². The van der Waals surface area contributed by atoms with Gasteiger partial charge in [0.1, 0.15) is 0 Å². The third kappa shape index (κ3) is 1.77. The first-order valence-corrected chi connectivity index (χ1v) is 4.83. The first-order valence-electron chi connectivity index (χ1n) is 4.83. The zero-order chi connectivity index (χ0) is 9.80. The largest absolute Gasteiger partial charge is 0.368 e. The van der Waals surface area contributed by atoms with E-state index in [1.165, 1.54) is 0 Å². The Morgan fingerprint density at radius 1 is 1.43 bits per heavy atom. The van der Waals surface area contributed by atoms with Gasteiger partial charge in [0.2, 0.25) is 0 Å². The molecule has 0 unspecified atom stereocenters. The van der Waals surface area contributed by atoms with Crippen LogP contribution in [0.1, 0.15) is 10.4 Å². The highest BCUT2D eigenvalue weighted by atomic mass is 16.1. The predicted molar refractivity (Wildman–Crippen MR) is 55.7 cm³/mol. The van der Waals surface area contributed by atoms with Crippen molar-refractivity contribution in [2.75, 3.05) is 31.1 Å². The Bertz CT molecular complexity index is 319. The monoisotopic (exact) mass is 189 g/mol. The molecule has 1 heterocycles. The standard InChI is InChI=1S/C11H13N2O/c14-9-10-3-1-2-4-11(10)13-7-5-12-6-8-13/h1,3-4,9,12H,5-8H2. The van der Waals surface area contributed by atoms with Crippen molar-refractivity contribution in [2.45, 2.75) is 0 Å². The Kier molecular flexibility index (Phi) is 2.79. The van der Waals surface area contributed by atoms with E-state index in [9.17, 15) is 4.79 Å². The molecule has 1 aliphatic rings. The number of hydrogen-bond donors (Lipinski definition) is 1. The first kappa shape index (κ1) is 9.21. The lowest BCUT2D eigenvalue weighted by Crippen LogP contribution is -2.43. The lowest BCUT2D eigenvalue weighted by molar-refractivity contribution is 0.112. The molecule has 3 nitrogen and oxygen atoms in total. The van der Waals surface area contributed by atoms with Crippen molar-refractivity contribution in [3.05, 3.63) is 29.8 Å². The lowest BCUT2D eigenvalue weighted by atomic mass is 10.1. The molecule has 1 aromatic rings. The van der Waals surface area contributed by atoms with Gasteiger partial charge in [-0.3, -0.25) is 4.79 Å². The summed E-state index contributed by atoms with van der Waals surface area (Å²) in [6.45, 7) is 3.87. The van der Waals surface area contributed by atoms with Crippen LogP contribution in [0.5, 0.6) is 0 Å². The number of nitrogens with zero attached hydrogens (tertiary/aromatic N) is 1. The van der Waals surface area contributed by atoms with Crippen molar-refractivity contribution in [1.29, 1.82) is 0 Å². The minimum Gasteiger partial charge on any atom is -0.368 e. The molecule has 1 saturated heterocycles. The Labute approximate surface area is 83.7 Å². The molecule has 2 rings (SSSR count). The van der Waals surface area contributed by atoms with E-state index in [0.717, 1.165) is 43.7 Å². The minimum absolute atomic E-state index is 0.755. The molecular formula is C11H13N2O. The minimum atomic E-state index is 0.755. The van der Waals surface area contributed by atoms with Crippen LogP contribution in [0.2, 0.25) is 0 Å². The smallest absolute Gasteiger partial charge is 0.152 e. The number of carbonyl (C=O) groups is 1. The van der Waals surface area contributed by atoms with E-state index in [1.807, 2.05) is 12.1 Å². The van der Waals surface area contributed by atoms with Gasteiger partial charge in [-0.1, -0.05) is 6.07 Å². The van der Waals surface area contributed by atoms with Crippen molar-refractivity contribution in [3.8, 4) is 0 Å². The van der Waals surface area contributed by atoms with Gasteiger partial charge in [0, 0.05) is 37.4 Å². The normalized spacial score (nSPS) is 16.7. The SMILES string of the molecule is O=Cc1cc[c]cc1N1CCNCC1. The summed E-state index contributed by atoms with van der Waals surface area (Å²) in [7, 11) is 0. The van der Waals surface area contributed by atoms with Gasteiger partial charge < -0.3 is 10.2 Å². The molecule has 0 amide bonds. The molecule has 1 fully saturated rings. The molecular weight excluding hydrogens is 176 g/mol. The summed E-state index contributed by atoms with van der Waals surface area (Å²) in [5, 5.41) is 3.28. The maximum Gasteiger partial charge on any atom is 0.152 e. The fourth-order valence-electron chi connectivity index (χ4n) is 1.71. The van der Waals surface area contributed by atoms with Crippen LogP contribution < -0.4 is 10.2 Å². The van der Waals surface area contributed by atoms with E-state index >= 15 is 0 Å². The average Bonchev–Trinajstić information content (AvgIpc) is 2.30. The molecule has 0 saturated carbocycles. The van der Waals surface area contributed by atoms with E-state index in [2.05, 4.69) is 16.3 Å². The molecule has 0 atom stereocenters. The zero-order valence-corrected chi connectivity index (χ0v) is 7.99. The number of benzene rings is 1. The second kappa shape index (κ2) is 4.24. The van der Waals surface area contributed by atoms with Crippen molar-refractivity contribution in [2.24, 2.45) is 0 Å². The van der Waals surface area contributed by atoms with Crippen LogP contribution in [0, 0.1) is 6.07 Å². The van der Waals surface area contributed by atoms with Crippen molar-refractivity contribution in [1.82, 2.24) is 5.32 Å². The van der Waals surface area contributed by atoms with Crippen molar-refractivity contribution < 1.29 is 4.79 Å². The topological polar surface area (TPSA) is 32.3 Å². The summed E-state index contributed by atoms with van der Waals surface area (Å²) < 4.78 is 0. The van der Waals surface area contributed by atoms with Gasteiger partial charge in [-0.2, -0.15) is 0 Å². The van der Waals surface area contributed by atoms with Crippen LogP contribution in [-0.2, 0) is 0 Å². The van der Waals surface area contributed by atoms with E-state index < -0.39 is 0 Å². The molecule has 0 aliphatic carbocycles. The highest BCUT2D eigenvalue weighted by Gasteiger charge is 2.12. The molecule has 14 heavy (non-hydrogen) atoms. The number of nitrogens with one attached hydrogen (secondary N) is 1. The van der Waals surface area contributed by atoms with Gasteiger partial charge in [0.15, 0.2) is 6.29 Å². The molecule has 1 aliphatic heterocycles. The Balaban J connectivity index is 2.24. The molecule has 3 heteroatoms. The summed E-state index contributed by atoms with van der Waals surface area (Å²) in [4.78, 5) is 13.0. The number of carbonyl (C=O) groups excluding carboxylic acids is 1. The summed E-state index contributed by atoms with van der Waals surface area (Å²) in [5.41, 5.74) is 1.76. The van der Waals surface area contributed by atoms with Crippen LogP contribution in [0.25, 0.3) is 0 Å². The Hall–Kier alpha value is -1.35. The van der Waals surface area contributed by atoms with Gasteiger partial charge in [-0.05, 0) is 18.2 Å². The van der Waals surface area contributed by atoms with Gasteiger partial charge in [-0.25, -0.2) is 0 Å². The Morgan fingerprint density at radius 3 is 2.93 bits per heavy atom. The third-order valence-corrected chi connectivity index (χ3v) is 2.46. The first-order chi connectivity index (χ1) is 6.92. The number of piperazine rings is 1. The number of rotatable bonds is 2. The second-order valence-corrected chi connectivity index (χ2v) is 3.34. The molecule has 1 aromatic carbocycles. The molecule has 1 N–H and O–H groups in total. The number of hydrogen-bond acceptors (Lipinski definition) is 3. The summed E-state index contributed by atoms with van der Waals surface area (Å²) in [6, 6.07) is 8.48. The predicted octanol–water partition coefficient (Wildman–Crippen LogP) is 0.709. The van der Waals surface area contributed by atoms with Crippen LogP contribution in [0.4, 0.5) is 5.69 Å². The zero-order valence-electron chi connectivity index (χ0n) is 7.99. The van der Waals surface area contributed by atoms with Crippen LogP contribution >= 0.6 is 0 Å². The van der Waals surface area contributed by atoms with E-state index in [0.29, 0.717) is 0 Å². The molecule has 1 radical (unpaired) electrons. The van der Waals surface area contributed by atoms with Crippen LogP contribution in [0.15, 0.2) is 18.2 Å². The van der Waals surface area contributed by atoms with Crippen molar-refractivity contribution >= 4 is 12.0 Å². The molecule has 0 spiro atoms. The molecule has 73 valence electrons. The highest BCUT2D eigenvalue weighted by Crippen LogP contribution is 2.18. The fraction of sp³-hybridized carbons (Fsp3) is 0.364. The van der Waals surface area contributed by atoms with Gasteiger partial charge in [0.05, 0.1) is 0 Å².